The van der Waals surface area contributed by atoms with Crippen molar-refractivity contribution in [3.8, 4) is 6.07 Å². The molecule has 1 rings (SSSR count). The second-order valence-electron chi connectivity index (χ2n) is 3.15. The first kappa shape index (κ1) is 11.4. The quantitative estimate of drug-likeness (QED) is 0.815. The minimum Gasteiger partial charge on any atom is -0.316 e. The van der Waals surface area contributed by atoms with E-state index in [1.54, 1.807) is 18.2 Å². The van der Waals surface area contributed by atoms with Crippen LogP contribution in [0.15, 0.2) is 24.3 Å². The molecule has 3 heteroatoms. The Morgan fingerprint density at radius 1 is 1.53 bits per heavy atom. The Kier molecular flexibility index (Phi) is 4.52. The highest BCUT2D eigenvalue weighted by molar-refractivity contribution is 5.51. The van der Waals surface area contributed by atoms with E-state index in [0.29, 0.717) is 17.7 Å². The topological polar surface area (TPSA) is 35.8 Å². The van der Waals surface area contributed by atoms with Gasteiger partial charge < -0.3 is 5.32 Å². The lowest BCUT2D eigenvalue weighted by molar-refractivity contribution is 0.623. The summed E-state index contributed by atoms with van der Waals surface area (Å²) in [7, 11) is 1.83. The molecular formula is C12H13FN2. The molecule has 1 N–H and O–H groups in total. The smallest absolute Gasteiger partial charge is 0.130 e. The van der Waals surface area contributed by atoms with Gasteiger partial charge in [-0.3, -0.25) is 0 Å². The van der Waals surface area contributed by atoms with Crippen LogP contribution in [0.3, 0.4) is 0 Å². The van der Waals surface area contributed by atoms with Crippen LogP contribution in [0.2, 0.25) is 0 Å². The molecule has 0 radical (unpaired) electrons. The van der Waals surface area contributed by atoms with Crippen molar-refractivity contribution in [3.63, 3.8) is 0 Å². The first-order valence-corrected chi connectivity index (χ1v) is 4.74. The maximum atomic E-state index is 13.4. The van der Waals surface area contributed by atoms with Crippen LogP contribution in [0.1, 0.15) is 11.1 Å². The highest BCUT2D eigenvalue weighted by atomic mass is 19.1. The van der Waals surface area contributed by atoms with Gasteiger partial charge in [0.15, 0.2) is 0 Å². The van der Waals surface area contributed by atoms with Crippen LogP contribution in [0.5, 0.6) is 0 Å². The second-order valence-corrected chi connectivity index (χ2v) is 3.15. The van der Waals surface area contributed by atoms with E-state index in [4.69, 9.17) is 5.26 Å². The Labute approximate surface area is 89.0 Å². The highest BCUT2D eigenvalue weighted by Gasteiger charge is 1.99. The van der Waals surface area contributed by atoms with E-state index >= 15 is 0 Å². The molecule has 0 aliphatic rings. The molecule has 0 aliphatic carbocycles. The third kappa shape index (κ3) is 3.53. The van der Waals surface area contributed by atoms with Crippen molar-refractivity contribution in [1.29, 1.82) is 5.26 Å². The van der Waals surface area contributed by atoms with E-state index < -0.39 is 0 Å². The van der Waals surface area contributed by atoms with Gasteiger partial charge in [-0.05, 0) is 18.7 Å². The molecular weight excluding hydrogens is 191 g/mol. The van der Waals surface area contributed by atoms with Crippen LogP contribution in [-0.4, -0.2) is 13.6 Å². The average Bonchev–Trinajstić information content (AvgIpc) is 2.22. The summed E-state index contributed by atoms with van der Waals surface area (Å²) >= 11 is 0. The molecule has 1 aromatic rings. The Morgan fingerprint density at radius 2 is 2.33 bits per heavy atom. The Hall–Kier alpha value is -1.66. The van der Waals surface area contributed by atoms with Crippen molar-refractivity contribution >= 4 is 6.08 Å². The van der Waals surface area contributed by atoms with Gasteiger partial charge in [0.1, 0.15) is 5.82 Å². The zero-order valence-electron chi connectivity index (χ0n) is 8.63. The summed E-state index contributed by atoms with van der Waals surface area (Å²) in [5.41, 5.74) is 1.26. The molecule has 0 heterocycles. The summed E-state index contributed by atoms with van der Waals surface area (Å²) in [6.45, 7) is 0.708. The zero-order chi connectivity index (χ0) is 11.1. The molecule has 78 valence electrons. The monoisotopic (exact) mass is 204 g/mol. The lowest BCUT2D eigenvalue weighted by Gasteiger charge is -1.99. The van der Waals surface area contributed by atoms with E-state index in [1.807, 2.05) is 19.2 Å². The van der Waals surface area contributed by atoms with Gasteiger partial charge in [-0.1, -0.05) is 24.3 Å². The van der Waals surface area contributed by atoms with Crippen molar-refractivity contribution in [2.75, 3.05) is 13.6 Å². The van der Waals surface area contributed by atoms with Crippen LogP contribution >= 0.6 is 0 Å². The van der Waals surface area contributed by atoms with Crippen molar-refractivity contribution in [3.05, 3.63) is 41.2 Å². The Bertz CT molecular complexity index is 391. The predicted octanol–water partition coefficient (Wildman–Crippen LogP) is 2.12. The number of rotatable bonds is 4. The molecule has 0 bridgehead atoms. The molecule has 0 aromatic heterocycles. The molecule has 0 spiro atoms. The predicted molar refractivity (Wildman–Crippen MR) is 58.7 cm³/mol. The van der Waals surface area contributed by atoms with Crippen molar-refractivity contribution in [2.45, 2.75) is 6.42 Å². The average molecular weight is 204 g/mol. The molecule has 0 saturated heterocycles. The zero-order valence-corrected chi connectivity index (χ0v) is 8.63. The van der Waals surface area contributed by atoms with Gasteiger partial charge in [0.25, 0.3) is 0 Å². The number of hydrogen-bond donors (Lipinski definition) is 1. The van der Waals surface area contributed by atoms with Gasteiger partial charge >= 0.3 is 0 Å². The molecule has 2 nitrogen and oxygen atoms in total. The molecule has 0 unspecified atom stereocenters. The molecule has 1 aromatic carbocycles. The van der Waals surface area contributed by atoms with Gasteiger partial charge in [-0.2, -0.15) is 5.26 Å². The number of nitrogens with one attached hydrogen (secondary N) is 1. The summed E-state index contributed by atoms with van der Waals surface area (Å²) in [5, 5.41) is 11.4. The van der Waals surface area contributed by atoms with Crippen LogP contribution < -0.4 is 5.32 Å². The largest absolute Gasteiger partial charge is 0.316 e. The van der Waals surface area contributed by atoms with Gasteiger partial charge in [0.05, 0.1) is 12.5 Å². The molecule has 0 aliphatic heterocycles. The van der Waals surface area contributed by atoms with E-state index in [-0.39, 0.29) is 12.2 Å². The Balaban J connectivity index is 2.79. The standard InChI is InChI=1S/C12H13FN2/c1-15-8-2-3-11-5-4-10(6-7-14)9-12(11)13/h2-5,9,15H,6,8H2,1H3. The van der Waals surface area contributed by atoms with E-state index in [0.717, 1.165) is 0 Å². The lowest BCUT2D eigenvalue weighted by atomic mass is 10.1. The fourth-order valence-electron chi connectivity index (χ4n) is 1.21. The summed E-state index contributed by atoms with van der Waals surface area (Å²) in [4.78, 5) is 0. The van der Waals surface area contributed by atoms with Crippen molar-refractivity contribution in [1.82, 2.24) is 5.32 Å². The summed E-state index contributed by atoms with van der Waals surface area (Å²) in [5.74, 6) is -0.282. The van der Waals surface area contributed by atoms with Crippen molar-refractivity contribution < 1.29 is 4.39 Å². The van der Waals surface area contributed by atoms with Gasteiger partial charge in [0.2, 0.25) is 0 Å². The molecule has 0 saturated carbocycles. The molecule has 0 fully saturated rings. The van der Waals surface area contributed by atoms with E-state index in [1.165, 1.54) is 6.07 Å². The fraction of sp³-hybridized carbons (Fsp3) is 0.250. The van der Waals surface area contributed by atoms with Crippen LogP contribution in [-0.2, 0) is 6.42 Å². The third-order valence-electron chi connectivity index (χ3n) is 1.97. The van der Waals surface area contributed by atoms with E-state index in [2.05, 4.69) is 5.32 Å². The van der Waals surface area contributed by atoms with Crippen LogP contribution in [0.4, 0.5) is 4.39 Å². The highest BCUT2D eigenvalue weighted by Crippen LogP contribution is 2.12. The number of likely N-dealkylation sites (N-methyl/N-ethyl adjacent to an activating group) is 1. The van der Waals surface area contributed by atoms with Crippen LogP contribution in [0, 0.1) is 17.1 Å². The third-order valence-corrected chi connectivity index (χ3v) is 1.97. The number of halogens is 1. The van der Waals surface area contributed by atoms with Gasteiger partial charge in [0, 0.05) is 12.1 Å². The maximum Gasteiger partial charge on any atom is 0.130 e. The van der Waals surface area contributed by atoms with Crippen molar-refractivity contribution in [2.24, 2.45) is 0 Å². The fourth-order valence-corrected chi connectivity index (χ4v) is 1.21. The number of nitriles is 1. The normalized spacial score (nSPS) is 10.5. The van der Waals surface area contributed by atoms with E-state index in [9.17, 15) is 4.39 Å². The second kappa shape index (κ2) is 5.94. The number of nitrogens with zero attached hydrogens (tertiary/aromatic N) is 1. The molecule has 0 atom stereocenters. The Morgan fingerprint density at radius 3 is 2.93 bits per heavy atom. The first-order chi connectivity index (χ1) is 7.27. The maximum absolute atomic E-state index is 13.4. The van der Waals surface area contributed by atoms with Crippen LogP contribution in [0.25, 0.3) is 6.08 Å². The lowest BCUT2D eigenvalue weighted by Crippen LogP contribution is -2.03. The number of benzene rings is 1. The summed E-state index contributed by atoms with van der Waals surface area (Å²) < 4.78 is 13.4. The van der Waals surface area contributed by atoms with Gasteiger partial charge in [-0.15, -0.1) is 0 Å². The minimum absolute atomic E-state index is 0.247. The SMILES string of the molecule is CNCC=Cc1ccc(CC#N)cc1F. The number of hydrogen-bond acceptors (Lipinski definition) is 2. The first-order valence-electron chi connectivity index (χ1n) is 4.74. The summed E-state index contributed by atoms with van der Waals surface area (Å²) in [6.07, 6.45) is 3.82. The molecule has 0 amide bonds. The minimum atomic E-state index is -0.282. The summed E-state index contributed by atoms with van der Waals surface area (Å²) in [6, 6.07) is 6.85. The van der Waals surface area contributed by atoms with Gasteiger partial charge in [-0.25, -0.2) is 4.39 Å². The molecule has 15 heavy (non-hydrogen) atoms.